The molecule has 0 aliphatic rings. The Kier molecular flexibility index (Phi) is 7.04. The Hall–Kier alpha value is -1.83. The number of halogens is 1. The molecule has 25 heavy (non-hydrogen) atoms. The zero-order valence-electron chi connectivity index (χ0n) is 14.3. The molecule has 134 valence electrons. The van der Waals surface area contributed by atoms with Crippen molar-refractivity contribution in [2.24, 2.45) is 0 Å². The molecule has 1 aromatic heterocycles. The molecule has 0 bridgehead atoms. The van der Waals surface area contributed by atoms with E-state index >= 15 is 0 Å². The third kappa shape index (κ3) is 5.32. The zero-order valence-corrected chi connectivity index (χ0v) is 15.9. The number of ether oxygens (including phenoxy) is 1. The number of thioether (sulfide) groups is 1. The molecule has 0 saturated carbocycles. The first-order chi connectivity index (χ1) is 11.9. The molecule has 1 unspecified atom stereocenters. The number of benzene rings is 1. The summed E-state index contributed by atoms with van der Waals surface area (Å²) in [5.41, 5.74) is 1.24. The molecule has 0 radical (unpaired) electrons. The second-order valence-electron chi connectivity index (χ2n) is 5.40. The van der Waals surface area contributed by atoms with Gasteiger partial charge in [-0.2, -0.15) is 9.78 Å². The van der Waals surface area contributed by atoms with Gasteiger partial charge in [-0.05, 0) is 37.6 Å². The number of carbonyl (C=O) groups is 1. The van der Waals surface area contributed by atoms with Gasteiger partial charge in [0.15, 0.2) is 0 Å². The lowest BCUT2D eigenvalue weighted by molar-refractivity contribution is -0.120. The van der Waals surface area contributed by atoms with Crippen LogP contribution in [0.4, 0.5) is 0 Å². The van der Waals surface area contributed by atoms with Crippen LogP contribution in [0, 0.1) is 6.92 Å². The molecule has 1 atom stereocenters. The summed E-state index contributed by atoms with van der Waals surface area (Å²) < 4.78 is 6.18. The van der Waals surface area contributed by atoms with E-state index in [0.29, 0.717) is 28.9 Å². The molecular weight excluding hydrogens is 362 g/mol. The van der Waals surface area contributed by atoms with E-state index in [2.05, 4.69) is 10.4 Å². The number of nitrogens with one attached hydrogen (secondary N) is 1. The highest BCUT2D eigenvalue weighted by atomic mass is 35.5. The Bertz CT molecular complexity index is 810. The normalized spacial score (nSPS) is 12.0. The SMILES string of the molecule is COCCNC(=O)C(C)Sc1ccc(=O)n(-c2ccc(C)c(Cl)c2)n1. The summed E-state index contributed by atoms with van der Waals surface area (Å²) in [5.74, 6) is -0.111. The molecule has 2 rings (SSSR count). The Labute approximate surface area is 155 Å². The largest absolute Gasteiger partial charge is 0.383 e. The minimum atomic E-state index is -0.350. The lowest BCUT2D eigenvalue weighted by Crippen LogP contribution is -2.33. The molecule has 1 amide bonds. The maximum Gasteiger partial charge on any atom is 0.271 e. The summed E-state index contributed by atoms with van der Waals surface area (Å²) >= 11 is 7.41. The van der Waals surface area contributed by atoms with Gasteiger partial charge in [-0.3, -0.25) is 9.59 Å². The predicted octanol–water partition coefficient (Wildman–Crippen LogP) is 2.44. The third-order valence-electron chi connectivity index (χ3n) is 3.45. The van der Waals surface area contributed by atoms with Crippen molar-refractivity contribution in [3.8, 4) is 5.69 Å². The van der Waals surface area contributed by atoms with E-state index in [0.717, 1.165) is 5.56 Å². The molecule has 2 aromatic rings. The minimum Gasteiger partial charge on any atom is -0.383 e. The highest BCUT2D eigenvalue weighted by molar-refractivity contribution is 8.00. The maximum absolute atomic E-state index is 12.1. The fraction of sp³-hybridized carbons (Fsp3) is 0.353. The Morgan fingerprint density at radius 3 is 2.84 bits per heavy atom. The number of hydrogen-bond acceptors (Lipinski definition) is 5. The third-order valence-corrected chi connectivity index (χ3v) is 4.88. The number of aromatic nitrogens is 2. The van der Waals surface area contributed by atoms with Crippen molar-refractivity contribution in [1.29, 1.82) is 0 Å². The molecule has 8 heteroatoms. The van der Waals surface area contributed by atoms with E-state index in [9.17, 15) is 9.59 Å². The zero-order chi connectivity index (χ0) is 18.4. The van der Waals surface area contributed by atoms with Crippen molar-refractivity contribution in [1.82, 2.24) is 15.1 Å². The van der Waals surface area contributed by atoms with E-state index in [-0.39, 0.29) is 16.7 Å². The predicted molar refractivity (Wildman–Crippen MR) is 99.8 cm³/mol. The molecule has 0 aliphatic carbocycles. The minimum absolute atomic E-state index is 0.111. The number of aryl methyl sites for hydroxylation is 1. The van der Waals surface area contributed by atoms with Crippen molar-refractivity contribution in [2.75, 3.05) is 20.3 Å². The van der Waals surface area contributed by atoms with Crippen LogP contribution in [-0.2, 0) is 9.53 Å². The first-order valence-corrected chi connectivity index (χ1v) is 8.98. The van der Waals surface area contributed by atoms with Gasteiger partial charge < -0.3 is 10.1 Å². The monoisotopic (exact) mass is 381 g/mol. The summed E-state index contributed by atoms with van der Waals surface area (Å²) in [6, 6.07) is 8.35. The standard InChI is InChI=1S/C17H20ClN3O3S/c1-11-4-5-13(10-14(11)18)21-16(22)7-6-15(20-21)25-12(2)17(23)19-8-9-24-3/h4-7,10,12H,8-9H2,1-3H3,(H,19,23). The van der Waals surface area contributed by atoms with Gasteiger partial charge in [0.05, 0.1) is 17.5 Å². The van der Waals surface area contributed by atoms with Crippen LogP contribution >= 0.6 is 23.4 Å². The number of hydrogen-bond donors (Lipinski definition) is 1. The number of rotatable bonds is 7. The molecular formula is C17H20ClN3O3S. The van der Waals surface area contributed by atoms with Gasteiger partial charge >= 0.3 is 0 Å². The van der Waals surface area contributed by atoms with Crippen molar-refractivity contribution < 1.29 is 9.53 Å². The topological polar surface area (TPSA) is 73.2 Å². The van der Waals surface area contributed by atoms with Crippen molar-refractivity contribution in [3.05, 3.63) is 51.3 Å². The van der Waals surface area contributed by atoms with Gasteiger partial charge in [0.1, 0.15) is 5.03 Å². The molecule has 0 aliphatic heterocycles. The lowest BCUT2D eigenvalue weighted by Gasteiger charge is -2.12. The van der Waals surface area contributed by atoms with Crippen LogP contribution in [0.1, 0.15) is 12.5 Å². The molecule has 0 saturated heterocycles. The van der Waals surface area contributed by atoms with Crippen molar-refractivity contribution in [2.45, 2.75) is 24.1 Å². The quantitative estimate of drug-likeness (QED) is 0.589. The van der Waals surface area contributed by atoms with E-state index < -0.39 is 0 Å². The summed E-state index contributed by atoms with van der Waals surface area (Å²) in [4.78, 5) is 24.1. The fourth-order valence-electron chi connectivity index (χ4n) is 2.01. The Morgan fingerprint density at radius 1 is 1.40 bits per heavy atom. The van der Waals surface area contributed by atoms with Crippen LogP contribution in [-0.4, -0.2) is 41.2 Å². The van der Waals surface area contributed by atoms with Gasteiger partial charge in [0, 0.05) is 24.7 Å². The average Bonchev–Trinajstić information content (AvgIpc) is 2.59. The van der Waals surface area contributed by atoms with Crippen LogP contribution in [0.3, 0.4) is 0 Å². The lowest BCUT2D eigenvalue weighted by atomic mass is 10.2. The van der Waals surface area contributed by atoms with Gasteiger partial charge in [-0.15, -0.1) is 0 Å². The van der Waals surface area contributed by atoms with Gasteiger partial charge in [-0.25, -0.2) is 0 Å². The number of nitrogens with zero attached hydrogens (tertiary/aromatic N) is 2. The summed E-state index contributed by atoms with van der Waals surface area (Å²) in [7, 11) is 1.58. The number of methoxy groups -OCH3 is 1. The molecule has 1 aromatic carbocycles. The second kappa shape index (κ2) is 9.03. The molecule has 0 fully saturated rings. The van der Waals surface area contributed by atoms with Gasteiger partial charge in [0.25, 0.3) is 5.56 Å². The summed E-state index contributed by atoms with van der Waals surface area (Å²) in [6.07, 6.45) is 0. The Morgan fingerprint density at radius 2 is 2.16 bits per heavy atom. The van der Waals surface area contributed by atoms with Crippen LogP contribution in [0.25, 0.3) is 5.69 Å². The number of amides is 1. The van der Waals surface area contributed by atoms with E-state index in [1.165, 1.54) is 22.5 Å². The first kappa shape index (κ1) is 19.5. The van der Waals surface area contributed by atoms with Crippen LogP contribution < -0.4 is 10.9 Å². The molecule has 1 heterocycles. The van der Waals surface area contributed by atoms with Crippen LogP contribution in [0.15, 0.2) is 40.2 Å². The molecule has 0 spiro atoms. The van der Waals surface area contributed by atoms with E-state index in [4.69, 9.17) is 16.3 Å². The maximum atomic E-state index is 12.1. The highest BCUT2D eigenvalue weighted by Crippen LogP contribution is 2.22. The van der Waals surface area contributed by atoms with Crippen LogP contribution in [0.2, 0.25) is 5.02 Å². The molecule has 1 N–H and O–H groups in total. The van der Waals surface area contributed by atoms with Gasteiger partial charge in [-0.1, -0.05) is 29.4 Å². The summed E-state index contributed by atoms with van der Waals surface area (Å²) in [6.45, 7) is 4.58. The Balaban J connectivity index is 2.17. The van der Waals surface area contributed by atoms with Crippen molar-refractivity contribution in [3.63, 3.8) is 0 Å². The fourth-order valence-corrected chi connectivity index (χ4v) is 3.01. The second-order valence-corrected chi connectivity index (χ2v) is 7.17. The first-order valence-electron chi connectivity index (χ1n) is 7.72. The van der Waals surface area contributed by atoms with Gasteiger partial charge in [0.2, 0.25) is 5.91 Å². The summed E-state index contributed by atoms with van der Waals surface area (Å²) in [5, 5.41) is 7.90. The van der Waals surface area contributed by atoms with E-state index in [1.807, 2.05) is 13.0 Å². The average molecular weight is 382 g/mol. The van der Waals surface area contributed by atoms with Crippen LogP contribution in [0.5, 0.6) is 0 Å². The van der Waals surface area contributed by atoms with Crippen molar-refractivity contribution >= 4 is 29.3 Å². The number of carbonyl (C=O) groups excluding carboxylic acids is 1. The highest BCUT2D eigenvalue weighted by Gasteiger charge is 2.15. The smallest absolute Gasteiger partial charge is 0.271 e. The van der Waals surface area contributed by atoms with E-state index in [1.54, 1.807) is 32.2 Å². The molecule has 6 nitrogen and oxygen atoms in total.